The fourth-order valence-corrected chi connectivity index (χ4v) is 2.66. The molecular formula is C15H14BrN3O2. The smallest absolute Gasteiger partial charge is 0.292 e. The van der Waals surface area contributed by atoms with Crippen LogP contribution in [0.2, 0.25) is 0 Å². The van der Waals surface area contributed by atoms with Crippen molar-refractivity contribution in [3.63, 3.8) is 0 Å². The molecule has 3 rings (SSSR count). The molecule has 21 heavy (non-hydrogen) atoms. The molecule has 0 unspecified atom stereocenters. The summed E-state index contributed by atoms with van der Waals surface area (Å²) in [5.74, 6) is 0.684. The topological polar surface area (TPSA) is 60.1 Å². The Kier molecular flexibility index (Phi) is 3.33. The summed E-state index contributed by atoms with van der Waals surface area (Å²) in [5, 5.41) is 7.95. The third kappa shape index (κ3) is 2.47. The first-order valence-electron chi connectivity index (χ1n) is 6.46. The van der Waals surface area contributed by atoms with E-state index in [0.29, 0.717) is 17.2 Å². The van der Waals surface area contributed by atoms with Gasteiger partial charge >= 0.3 is 0 Å². The molecule has 0 spiro atoms. The van der Waals surface area contributed by atoms with E-state index >= 15 is 0 Å². The fraction of sp³-hybridized carbons (Fsp3) is 0.200. The molecule has 2 heterocycles. The summed E-state index contributed by atoms with van der Waals surface area (Å²) in [6, 6.07) is 7.53. The van der Waals surface area contributed by atoms with Crippen LogP contribution in [0.1, 0.15) is 21.8 Å². The van der Waals surface area contributed by atoms with E-state index in [0.717, 1.165) is 21.1 Å². The maximum Gasteiger partial charge on any atom is 0.292 e. The van der Waals surface area contributed by atoms with Crippen LogP contribution in [-0.2, 0) is 7.05 Å². The van der Waals surface area contributed by atoms with Gasteiger partial charge in [0.2, 0.25) is 0 Å². The zero-order chi connectivity index (χ0) is 15.1. The molecule has 1 N–H and O–H groups in total. The number of aromatic nitrogens is 2. The van der Waals surface area contributed by atoms with E-state index in [1.807, 2.05) is 38.1 Å². The highest BCUT2D eigenvalue weighted by Crippen LogP contribution is 2.28. The van der Waals surface area contributed by atoms with E-state index in [-0.39, 0.29) is 5.91 Å². The standard InChI is InChI=1S/C15H14BrN3O2/c1-8-6-13(19(3)18-8)17-15(20)14-9(2)11-5-4-10(16)7-12(11)21-14/h4-7H,1-3H3,(H,17,20). The molecule has 2 aromatic heterocycles. The van der Waals surface area contributed by atoms with Crippen molar-refractivity contribution in [2.45, 2.75) is 13.8 Å². The summed E-state index contributed by atoms with van der Waals surface area (Å²) in [6.07, 6.45) is 0. The number of rotatable bonds is 2. The molecule has 5 nitrogen and oxygen atoms in total. The van der Waals surface area contributed by atoms with Crippen LogP contribution in [0.15, 0.2) is 33.2 Å². The predicted molar refractivity (Wildman–Crippen MR) is 84.5 cm³/mol. The van der Waals surface area contributed by atoms with Crippen molar-refractivity contribution in [3.8, 4) is 0 Å². The largest absolute Gasteiger partial charge is 0.451 e. The van der Waals surface area contributed by atoms with Gasteiger partial charge in [-0.2, -0.15) is 5.10 Å². The van der Waals surface area contributed by atoms with Gasteiger partial charge in [-0.1, -0.05) is 15.9 Å². The maximum absolute atomic E-state index is 12.4. The lowest BCUT2D eigenvalue weighted by Gasteiger charge is -2.03. The molecule has 0 atom stereocenters. The molecule has 0 aliphatic carbocycles. The molecule has 0 radical (unpaired) electrons. The van der Waals surface area contributed by atoms with E-state index in [1.165, 1.54) is 0 Å². The second-order valence-electron chi connectivity index (χ2n) is 4.95. The van der Waals surface area contributed by atoms with Crippen molar-refractivity contribution in [2.24, 2.45) is 7.05 Å². The van der Waals surface area contributed by atoms with Crippen LogP contribution in [0.4, 0.5) is 5.82 Å². The van der Waals surface area contributed by atoms with E-state index in [4.69, 9.17) is 4.42 Å². The number of carbonyl (C=O) groups is 1. The minimum absolute atomic E-state index is 0.275. The highest BCUT2D eigenvalue weighted by atomic mass is 79.9. The number of hydrogen-bond donors (Lipinski definition) is 1. The van der Waals surface area contributed by atoms with Gasteiger partial charge in [-0.25, -0.2) is 0 Å². The number of aryl methyl sites for hydroxylation is 3. The third-order valence-corrected chi connectivity index (χ3v) is 3.84. The van der Waals surface area contributed by atoms with Gasteiger partial charge in [0, 0.05) is 28.5 Å². The number of amides is 1. The normalized spacial score (nSPS) is 11.0. The number of hydrogen-bond acceptors (Lipinski definition) is 3. The second-order valence-corrected chi connectivity index (χ2v) is 5.86. The average Bonchev–Trinajstić information content (AvgIpc) is 2.90. The molecule has 1 amide bonds. The van der Waals surface area contributed by atoms with E-state index in [9.17, 15) is 4.79 Å². The lowest BCUT2D eigenvalue weighted by atomic mass is 10.1. The van der Waals surface area contributed by atoms with Crippen molar-refractivity contribution in [2.75, 3.05) is 5.32 Å². The Balaban J connectivity index is 1.98. The summed E-state index contributed by atoms with van der Waals surface area (Å²) >= 11 is 3.40. The van der Waals surface area contributed by atoms with Gasteiger partial charge in [0.15, 0.2) is 5.76 Å². The SMILES string of the molecule is Cc1cc(NC(=O)c2oc3cc(Br)ccc3c2C)n(C)n1. The number of nitrogens with zero attached hydrogens (tertiary/aromatic N) is 2. The van der Waals surface area contributed by atoms with Crippen LogP contribution >= 0.6 is 15.9 Å². The van der Waals surface area contributed by atoms with Gasteiger partial charge in [0.25, 0.3) is 5.91 Å². The molecule has 0 saturated heterocycles. The highest BCUT2D eigenvalue weighted by molar-refractivity contribution is 9.10. The van der Waals surface area contributed by atoms with E-state index < -0.39 is 0 Å². The van der Waals surface area contributed by atoms with E-state index in [2.05, 4.69) is 26.3 Å². The fourth-order valence-electron chi connectivity index (χ4n) is 2.32. The van der Waals surface area contributed by atoms with Gasteiger partial charge in [0.05, 0.1) is 5.69 Å². The Hall–Kier alpha value is -2.08. The molecule has 6 heteroatoms. The van der Waals surface area contributed by atoms with Crippen LogP contribution in [0.25, 0.3) is 11.0 Å². The van der Waals surface area contributed by atoms with Gasteiger partial charge in [-0.3, -0.25) is 9.48 Å². The molecule has 1 aromatic carbocycles. The predicted octanol–water partition coefficient (Wildman–Crippen LogP) is 3.80. The lowest BCUT2D eigenvalue weighted by molar-refractivity contribution is 0.0997. The average molecular weight is 348 g/mol. The molecular weight excluding hydrogens is 334 g/mol. The van der Waals surface area contributed by atoms with Gasteiger partial charge in [-0.05, 0) is 32.0 Å². The number of fused-ring (bicyclic) bond motifs is 1. The maximum atomic E-state index is 12.4. The molecule has 108 valence electrons. The number of carbonyl (C=O) groups excluding carboxylic acids is 1. The van der Waals surface area contributed by atoms with Crippen LogP contribution in [0.5, 0.6) is 0 Å². The molecule has 0 fully saturated rings. The second kappa shape index (κ2) is 5.04. The number of halogens is 1. The molecule has 0 aliphatic heterocycles. The van der Waals surface area contributed by atoms with Crippen molar-refractivity contribution < 1.29 is 9.21 Å². The Morgan fingerprint density at radius 2 is 2.10 bits per heavy atom. The number of furan rings is 1. The number of benzene rings is 1. The molecule has 0 saturated carbocycles. The summed E-state index contributed by atoms with van der Waals surface area (Å²) in [4.78, 5) is 12.4. The Labute approximate surface area is 130 Å². The van der Waals surface area contributed by atoms with Gasteiger partial charge in [0.1, 0.15) is 11.4 Å². The van der Waals surface area contributed by atoms with Crippen molar-refractivity contribution in [1.82, 2.24) is 9.78 Å². The summed E-state index contributed by atoms with van der Waals surface area (Å²) in [7, 11) is 1.78. The Morgan fingerprint density at radius 3 is 2.76 bits per heavy atom. The van der Waals surface area contributed by atoms with Crippen molar-refractivity contribution >= 4 is 38.6 Å². The summed E-state index contributed by atoms with van der Waals surface area (Å²) in [5.41, 5.74) is 2.36. The Morgan fingerprint density at radius 1 is 1.33 bits per heavy atom. The summed E-state index contributed by atoms with van der Waals surface area (Å²) in [6.45, 7) is 3.75. The highest BCUT2D eigenvalue weighted by Gasteiger charge is 2.19. The summed E-state index contributed by atoms with van der Waals surface area (Å²) < 4.78 is 8.23. The minimum Gasteiger partial charge on any atom is -0.451 e. The quantitative estimate of drug-likeness (QED) is 0.766. The lowest BCUT2D eigenvalue weighted by Crippen LogP contribution is -2.14. The van der Waals surface area contributed by atoms with Crippen LogP contribution < -0.4 is 5.32 Å². The monoisotopic (exact) mass is 347 g/mol. The zero-order valence-corrected chi connectivity index (χ0v) is 13.5. The van der Waals surface area contributed by atoms with Gasteiger partial charge in [-0.15, -0.1) is 0 Å². The third-order valence-electron chi connectivity index (χ3n) is 3.35. The molecule has 0 aliphatic rings. The van der Waals surface area contributed by atoms with Crippen LogP contribution in [0, 0.1) is 13.8 Å². The number of anilines is 1. The first-order valence-corrected chi connectivity index (χ1v) is 7.25. The zero-order valence-electron chi connectivity index (χ0n) is 11.9. The van der Waals surface area contributed by atoms with Gasteiger partial charge < -0.3 is 9.73 Å². The number of nitrogens with one attached hydrogen (secondary N) is 1. The van der Waals surface area contributed by atoms with E-state index in [1.54, 1.807) is 11.7 Å². The van der Waals surface area contributed by atoms with Crippen LogP contribution in [-0.4, -0.2) is 15.7 Å². The molecule has 0 bridgehead atoms. The minimum atomic E-state index is -0.275. The van der Waals surface area contributed by atoms with Crippen molar-refractivity contribution in [3.05, 3.63) is 45.8 Å². The Bertz CT molecular complexity index is 848. The van der Waals surface area contributed by atoms with Crippen molar-refractivity contribution in [1.29, 1.82) is 0 Å². The molecule has 3 aromatic rings. The first-order chi connectivity index (χ1) is 9.95. The first kappa shape index (κ1) is 13.9. The van der Waals surface area contributed by atoms with Crippen LogP contribution in [0.3, 0.4) is 0 Å².